The summed E-state index contributed by atoms with van der Waals surface area (Å²) in [5.74, 6) is 0.555. The van der Waals surface area contributed by atoms with Gasteiger partial charge in [0.1, 0.15) is 0 Å². The van der Waals surface area contributed by atoms with Gasteiger partial charge in [-0.3, -0.25) is 0 Å². The summed E-state index contributed by atoms with van der Waals surface area (Å²) in [6.45, 7) is 5.12. The summed E-state index contributed by atoms with van der Waals surface area (Å²) in [5, 5.41) is 3.42. The lowest BCUT2D eigenvalue weighted by Gasteiger charge is -2.09. The maximum atomic E-state index is 5.83. The Hall–Kier alpha value is -1.47. The zero-order chi connectivity index (χ0) is 13.0. The molecule has 18 heavy (non-hydrogen) atoms. The zero-order valence-electron chi connectivity index (χ0n) is 10.8. The highest BCUT2D eigenvalue weighted by atomic mass is 35.5. The molecular formula is C16H18ClN. The second kappa shape index (κ2) is 5.92. The number of hydrogen-bond donors (Lipinski definition) is 1. The van der Waals surface area contributed by atoms with Gasteiger partial charge in [0.15, 0.2) is 0 Å². The molecule has 0 radical (unpaired) electrons. The molecule has 0 saturated carbocycles. The summed E-state index contributed by atoms with van der Waals surface area (Å²) in [5.41, 5.74) is 6.23. The van der Waals surface area contributed by atoms with Crippen molar-refractivity contribution in [3.63, 3.8) is 0 Å². The normalized spacial score (nSPS) is 10.4. The molecule has 0 unspecified atom stereocenters. The van der Waals surface area contributed by atoms with Gasteiger partial charge in [-0.05, 0) is 48.2 Å². The van der Waals surface area contributed by atoms with Gasteiger partial charge in [0.2, 0.25) is 0 Å². The van der Waals surface area contributed by atoms with Crippen molar-refractivity contribution >= 4 is 17.3 Å². The first-order valence-corrected chi connectivity index (χ1v) is 6.67. The molecule has 0 saturated heterocycles. The van der Waals surface area contributed by atoms with E-state index in [4.69, 9.17) is 11.6 Å². The predicted octanol–water partition coefficient (Wildman–Crippen LogP) is 4.65. The molecule has 0 amide bonds. The lowest BCUT2D eigenvalue weighted by Crippen LogP contribution is -2.00. The molecule has 0 spiro atoms. The third-order valence-corrected chi connectivity index (χ3v) is 3.46. The number of aryl methyl sites for hydroxylation is 2. The SMILES string of the molecule is Cc1ccc(CNc2cccc(CCl)c2)cc1C. The molecule has 0 atom stereocenters. The predicted molar refractivity (Wildman–Crippen MR) is 79.2 cm³/mol. The number of halogens is 1. The Morgan fingerprint density at radius 2 is 1.78 bits per heavy atom. The molecule has 2 rings (SSSR count). The Kier molecular flexibility index (Phi) is 4.27. The van der Waals surface area contributed by atoms with E-state index < -0.39 is 0 Å². The third kappa shape index (κ3) is 3.27. The molecule has 1 nitrogen and oxygen atoms in total. The van der Waals surface area contributed by atoms with E-state index in [0.29, 0.717) is 5.88 Å². The van der Waals surface area contributed by atoms with Crippen molar-refractivity contribution in [2.45, 2.75) is 26.3 Å². The van der Waals surface area contributed by atoms with Gasteiger partial charge < -0.3 is 5.32 Å². The fourth-order valence-electron chi connectivity index (χ4n) is 1.88. The standard InChI is InChI=1S/C16H18ClN/c1-12-6-7-15(8-13(12)2)11-18-16-5-3-4-14(9-16)10-17/h3-9,18H,10-11H2,1-2H3. The second-order valence-electron chi connectivity index (χ2n) is 4.61. The molecule has 0 aliphatic carbocycles. The van der Waals surface area contributed by atoms with Gasteiger partial charge >= 0.3 is 0 Å². The Morgan fingerprint density at radius 3 is 2.50 bits per heavy atom. The van der Waals surface area contributed by atoms with Crippen LogP contribution in [0.1, 0.15) is 22.3 Å². The summed E-state index contributed by atoms with van der Waals surface area (Å²) < 4.78 is 0. The van der Waals surface area contributed by atoms with Crippen molar-refractivity contribution in [2.75, 3.05) is 5.32 Å². The van der Waals surface area contributed by atoms with Gasteiger partial charge in [-0.15, -0.1) is 11.6 Å². The number of alkyl halides is 1. The summed E-state index contributed by atoms with van der Waals surface area (Å²) in [6.07, 6.45) is 0. The van der Waals surface area contributed by atoms with Gasteiger partial charge in [0.05, 0.1) is 0 Å². The van der Waals surface area contributed by atoms with Crippen molar-refractivity contribution < 1.29 is 0 Å². The number of rotatable bonds is 4. The lowest BCUT2D eigenvalue weighted by atomic mass is 10.1. The van der Waals surface area contributed by atoms with Crippen molar-refractivity contribution in [2.24, 2.45) is 0 Å². The first kappa shape index (κ1) is 13.0. The maximum Gasteiger partial charge on any atom is 0.0474 e. The molecule has 0 aromatic heterocycles. The van der Waals surface area contributed by atoms with Crippen molar-refractivity contribution in [1.29, 1.82) is 0 Å². The van der Waals surface area contributed by atoms with E-state index in [1.54, 1.807) is 0 Å². The number of nitrogens with one attached hydrogen (secondary N) is 1. The average Bonchev–Trinajstić information content (AvgIpc) is 2.40. The fourth-order valence-corrected chi connectivity index (χ4v) is 2.05. The molecule has 0 aliphatic rings. The highest BCUT2D eigenvalue weighted by molar-refractivity contribution is 6.17. The number of benzene rings is 2. The van der Waals surface area contributed by atoms with E-state index in [9.17, 15) is 0 Å². The molecule has 2 aromatic carbocycles. The lowest BCUT2D eigenvalue weighted by molar-refractivity contribution is 1.13. The molecule has 0 aliphatic heterocycles. The summed E-state index contributed by atoms with van der Waals surface area (Å²) >= 11 is 5.83. The quantitative estimate of drug-likeness (QED) is 0.788. The minimum Gasteiger partial charge on any atom is -0.381 e. The Balaban J connectivity index is 2.04. The van der Waals surface area contributed by atoms with Gasteiger partial charge in [-0.1, -0.05) is 30.3 Å². The van der Waals surface area contributed by atoms with Crippen LogP contribution < -0.4 is 5.32 Å². The molecule has 2 aromatic rings. The Labute approximate surface area is 114 Å². The summed E-state index contributed by atoms with van der Waals surface area (Å²) in [6, 6.07) is 14.8. The van der Waals surface area contributed by atoms with E-state index in [0.717, 1.165) is 17.8 Å². The van der Waals surface area contributed by atoms with E-state index in [1.807, 2.05) is 12.1 Å². The number of hydrogen-bond acceptors (Lipinski definition) is 1. The smallest absolute Gasteiger partial charge is 0.0474 e. The van der Waals surface area contributed by atoms with Gasteiger partial charge in [0.25, 0.3) is 0 Å². The van der Waals surface area contributed by atoms with Crippen molar-refractivity contribution in [1.82, 2.24) is 0 Å². The highest BCUT2D eigenvalue weighted by Gasteiger charge is 1.98. The van der Waals surface area contributed by atoms with Crippen LogP contribution in [0.25, 0.3) is 0 Å². The minimum atomic E-state index is 0.555. The van der Waals surface area contributed by atoms with Gasteiger partial charge in [-0.25, -0.2) is 0 Å². The van der Waals surface area contributed by atoms with Gasteiger partial charge in [0, 0.05) is 18.1 Å². The Bertz CT molecular complexity index is 534. The molecule has 0 heterocycles. The van der Waals surface area contributed by atoms with E-state index >= 15 is 0 Å². The van der Waals surface area contributed by atoms with Crippen LogP contribution in [-0.2, 0) is 12.4 Å². The van der Waals surface area contributed by atoms with Crippen LogP contribution in [0.15, 0.2) is 42.5 Å². The minimum absolute atomic E-state index is 0.555. The topological polar surface area (TPSA) is 12.0 Å². The van der Waals surface area contributed by atoms with Crippen LogP contribution >= 0.6 is 11.6 Å². The third-order valence-electron chi connectivity index (χ3n) is 3.15. The first-order valence-electron chi connectivity index (χ1n) is 6.14. The fraction of sp³-hybridized carbons (Fsp3) is 0.250. The van der Waals surface area contributed by atoms with Crippen molar-refractivity contribution in [3.05, 3.63) is 64.7 Å². The maximum absolute atomic E-state index is 5.83. The van der Waals surface area contributed by atoms with E-state index in [1.165, 1.54) is 16.7 Å². The molecular weight excluding hydrogens is 242 g/mol. The largest absolute Gasteiger partial charge is 0.381 e. The van der Waals surface area contributed by atoms with Crippen molar-refractivity contribution in [3.8, 4) is 0 Å². The second-order valence-corrected chi connectivity index (χ2v) is 4.87. The molecule has 0 fully saturated rings. The monoisotopic (exact) mass is 259 g/mol. The van der Waals surface area contributed by atoms with Crippen LogP contribution in [0.2, 0.25) is 0 Å². The zero-order valence-corrected chi connectivity index (χ0v) is 11.6. The highest BCUT2D eigenvalue weighted by Crippen LogP contribution is 2.15. The molecule has 2 heteroatoms. The van der Waals surface area contributed by atoms with Crippen LogP contribution in [0.4, 0.5) is 5.69 Å². The van der Waals surface area contributed by atoms with Crippen LogP contribution in [0, 0.1) is 13.8 Å². The summed E-state index contributed by atoms with van der Waals surface area (Å²) in [7, 11) is 0. The van der Waals surface area contributed by atoms with Crippen LogP contribution in [0.5, 0.6) is 0 Å². The van der Waals surface area contributed by atoms with Crippen LogP contribution in [0.3, 0.4) is 0 Å². The number of anilines is 1. The van der Waals surface area contributed by atoms with E-state index in [-0.39, 0.29) is 0 Å². The molecule has 0 bridgehead atoms. The van der Waals surface area contributed by atoms with E-state index in [2.05, 4.69) is 49.5 Å². The summed E-state index contributed by atoms with van der Waals surface area (Å²) in [4.78, 5) is 0. The molecule has 94 valence electrons. The Morgan fingerprint density at radius 1 is 0.944 bits per heavy atom. The molecule has 1 N–H and O–H groups in total. The van der Waals surface area contributed by atoms with Crippen LogP contribution in [-0.4, -0.2) is 0 Å². The van der Waals surface area contributed by atoms with Gasteiger partial charge in [-0.2, -0.15) is 0 Å². The first-order chi connectivity index (χ1) is 8.69. The average molecular weight is 260 g/mol.